The molecule has 3 heteroatoms. The number of carbonyl (C=O) groups is 1. The topological polar surface area (TPSA) is 20.3 Å². The molecule has 1 aliphatic rings. The highest BCUT2D eigenvalue weighted by Crippen LogP contribution is 2.26. The van der Waals surface area contributed by atoms with Crippen molar-refractivity contribution in [1.29, 1.82) is 0 Å². The van der Waals surface area contributed by atoms with E-state index in [9.17, 15) is 4.79 Å². The van der Waals surface area contributed by atoms with Crippen LogP contribution in [0.1, 0.15) is 52.4 Å². The molecule has 1 amide bonds. The molecule has 0 saturated heterocycles. The van der Waals surface area contributed by atoms with Gasteiger partial charge in [0.2, 0.25) is 0 Å². The number of hydrogen-bond donors (Lipinski definition) is 0. The molecule has 2 radical (unpaired) electrons. The summed E-state index contributed by atoms with van der Waals surface area (Å²) in [4.78, 5) is 14.5. The zero-order chi connectivity index (χ0) is 15.9. The number of aryl methyl sites for hydroxylation is 1. The summed E-state index contributed by atoms with van der Waals surface area (Å²) in [7, 11) is 5.89. The monoisotopic (exact) mass is 289 g/mol. The molecule has 110 valence electrons. The zero-order valence-electron chi connectivity index (χ0n) is 13.4. The van der Waals surface area contributed by atoms with Crippen LogP contribution in [0, 0.1) is 6.92 Å². The minimum absolute atomic E-state index is 0.112. The molecule has 2 aromatic carbocycles. The van der Waals surface area contributed by atoms with Crippen LogP contribution in [0.2, 0.25) is 0 Å². The quantitative estimate of drug-likeness (QED) is 0.795. The minimum atomic E-state index is 0.112. The lowest BCUT2D eigenvalue weighted by Gasteiger charge is -2.16. The van der Waals surface area contributed by atoms with Crippen molar-refractivity contribution >= 4 is 19.2 Å². The lowest BCUT2D eigenvalue weighted by atomic mass is 9.90. The Morgan fingerprint density at radius 3 is 2.50 bits per heavy atom. The number of fused-ring (bicyclic) bond motifs is 1. The molecule has 0 saturated carbocycles. The summed E-state index contributed by atoms with van der Waals surface area (Å²) < 4.78 is 0. The fraction of sp³-hybridized carbons (Fsp3) is 0.316. The maximum atomic E-state index is 12.6. The molecule has 2 aromatic rings. The maximum absolute atomic E-state index is 12.6. The molecule has 0 fully saturated rings. The predicted molar refractivity (Wildman–Crippen MR) is 90.7 cm³/mol. The van der Waals surface area contributed by atoms with Gasteiger partial charge >= 0.3 is 0 Å². The first kappa shape index (κ1) is 14.9. The Morgan fingerprint density at radius 1 is 1.18 bits per heavy atom. The van der Waals surface area contributed by atoms with Crippen LogP contribution < -0.4 is 5.46 Å². The van der Waals surface area contributed by atoms with E-state index in [0.717, 1.165) is 27.7 Å². The van der Waals surface area contributed by atoms with Gasteiger partial charge < -0.3 is 4.90 Å². The highest BCUT2D eigenvalue weighted by Gasteiger charge is 2.28. The number of carbonyl (C=O) groups excluding carboxylic acids is 1. The van der Waals surface area contributed by atoms with E-state index < -0.39 is 0 Å². The molecule has 0 unspecified atom stereocenters. The fourth-order valence-corrected chi connectivity index (χ4v) is 3.11. The molecule has 0 aromatic heterocycles. The average molecular weight is 289 g/mol. The molecular formula is C19H20BNO. The molecule has 0 N–H and O–H groups in total. The van der Waals surface area contributed by atoms with Gasteiger partial charge in [-0.2, -0.15) is 0 Å². The Labute approximate surface area is 133 Å². The fourth-order valence-electron chi connectivity index (χ4n) is 3.11. The van der Waals surface area contributed by atoms with Crippen molar-refractivity contribution in [3.05, 3.63) is 64.2 Å². The summed E-state index contributed by atoms with van der Waals surface area (Å²) in [5, 5.41) is 0. The first-order chi connectivity index (χ1) is 10.5. The predicted octanol–water partition coefficient (Wildman–Crippen LogP) is 3.07. The molecule has 0 bridgehead atoms. The number of benzene rings is 2. The van der Waals surface area contributed by atoms with E-state index in [-0.39, 0.29) is 5.91 Å². The SMILES string of the molecule is [B]c1cc(C)c2c(c1)CN(Cc1ccc(C(C)C)cc1)C2=O. The summed E-state index contributed by atoms with van der Waals surface area (Å²) in [6.07, 6.45) is 0. The van der Waals surface area contributed by atoms with Gasteiger partial charge in [0.1, 0.15) is 7.85 Å². The third-order valence-electron chi connectivity index (χ3n) is 4.32. The zero-order valence-corrected chi connectivity index (χ0v) is 13.4. The van der Waals surface area contributed by atoms with Crippen molar-refractivity contribution in [2.24, 2.45) is 0 Å². The van der Waals surface area contributed by atoms with Crippen molar-refractivity contribution in [3.63, 3.8) is 0 Å². The molecule has 22 heavy (non-hydrogen) atoms. The highest BCUT2D eigenvalue weighted by molar-refractivity contribution is 6.32. The Kier molecular flexibility index (Phi) is 3.82. The van der Waals surface area contributed by atoms with E-state index in [1.807, 2.05) is 24.0 Å². The Morgan fingerprint density at radius 2 is 1.86 bits per heavy atom. The number of hydrogen-bond acceptors (Lipinski definition) is 1. The summed E-state index contributed by atoms with van der Waals surface area (Å²) in [5.41, 5.74) is 6.05. The Bertz CT molecular complexity index is 719. The van der Waals surface area contributed by atoms with Crippen molar-refractivity contribution < 1.29 is 4.79 Å². The van der Waals surface area contributed by atoms with E-state index in [2.05, 4.69) is 38.1 Å². The second-order valence-electron chi connectivity index (χ2n) is 6.43. The van der Waals surface area contributed by atoms with Gasteiger partial charge in [-0.1, -0.05) is 55.7 Å². The first-order valence-electron chi connectivity index (χ1n) is 7.73. The lowest BCUT2D eigenvalue weighted by Crippen LogP contribution is -2.23. The van der Waals surface area contributed by atoms with Crippen molar-refractivity contribution in [3.8, 4) is 0 Å². The van der Waals surface area contributed by atoms with Gasteiger partial charge in [-0.05, 0) is 35.1 Å². The summed E-state index contributed by atoms with van der Waals surface area (Å²) in [6, 6.07) is 12.3. The number of amides is 1. The van der Waals surface area contributed by atoms with Crippen LogP contribution in [-0.2, 0) is 13.1 Å². The first-order valence-corrected chi connectivity index (χ1v) is 7.73. The Balaban J connectivity index is 1.80. The van der Waals surface area contributed by atoms with Crippen LogP contribution in [0.3, 0.4) is 0 Å². The van der Waals surface area contributed by atoms with E-state index in [4.69, 9.17) is 7.85 Å². The van der Waals surface area contributed by atoms with Crippen molar-refractivity contribution in [2.45, 2.75) is 39.8 Å². The summed E-state index contributed by atoms with van der Waals surface area (Å²) in [5.74, 6) is 0.637. The van der Waals surface area contributed by atoms with Gasteiger partial charge in [0.25, 0.3) is 5.91 Å². The Hall–Kier alpha value is -2.03. The van der Waals surface area contributed by atoms with E-state index >= 15 is 0 Å². The molecule has 0 atom stereocenters. The molecule has 2 nitrogen and oxygen atoms in total. The molecule has 3 rings (SSSR count). The minimum Gasteiger partial charge on any atom is -0.330 e. The smallest absolute Gasteiger partial charge is 0.255 e. The van der Waals surface area contributed by atoms with Gasteiger partial charge in [0.15, 0.2) is 0 Å². The summed E-state index contributed by atoms with van der Waals surface area (Å²) in [6.45, 7) is 7.61. The standard InChI is InChI=1S/C19H20BNO/c1-12(2)15-6-4-14(5-7-15)10-21-11-16-9-17(20)8-13(3)18(16)19(21)22/h4-9,12H,10-11H2,1-3H3. The number of nitrogens with zero attached hydrogens (tertiary/aromatic N) is 1. The second-order valence-corrected chi connectivity index (χ2v) is 6.43. The molecule has 1 heterocycles. The number of rotatable bonds is 3. The van der Waals surface area contributed by atoms with Gasteiger partial charge in [-0.25, -0.2) is 0 Å². The highest BCUT2D eigenvalue weighted by atomic mass is 16.2. The van der Waals surface area contributed by atoms with Gasteiger partial charge in [-0.3, -0.25) is 4.79 Å². The average Bonchev–Trinajstić information content (AvgIpc) is 2.75. The molecule has 0 spiro atoms. The van der Waals surface area contributed by atoms with Crippen LogP contribution >= 0.6 is 0 Å². The van der Waals surface area contributed by atoms with Crippen LogP contribution in [0.25, 0.3) is 0 Å². The van der Waals surface area contributed by atoms with Gasteiger partial charge in [-0.15, -0.1) is 0 Å². The maximum Gasteiger partial charge on any atom is 0.255 e. The van der Waals surface area contributed by atoms with Crippen molar-refractivity contribution in [2.75, 3.05) is 0 Å². The van der Waals surface area contributed by atoms with Crippen LogP contribution in [0.4, 0.5) is 0 Å². The van der Waals surface area contributed by atoms with Crippen LogP contribution in [-0.4, -0.2) is 18.7 Å². The molecular weight excluding hydrogens is 269 g/mol. The van der Waals surface area contributed by atoms with E-state index in [1.54, 1.807) is 0 Å². The van der Waals surface area contributed by atoms with E-state index in [1.165, 1.54) is 5.56 Å². The van der Waals surface area contributed by atoms with Crippen LogP contribution in [0.5, 0.6) is 0 Å². The van der Waals surface area contributed by atoms with Crippen molar-refractivity contribution in [1.82, 2.24) is 4.90 Å². The second kappa shape index (κ2) is 5.64. The van der Waals surface area contributed by atoms with Gasteiger partial charge in [0, 0.05) is 18.7 Å². The summed E-state index contributed by atoms with van der Waals surface area (Å²) >= 11 is 0. The van der Waals surface area contributed by atoms with E-state index in [0.29, 0.717) is 19.0 Å². The van der Waals surface area contributed by atoms with Crippen LogP contribution in [0.15, 0.2) is 36.4 Å². The molecule has 0 aliphatic carbocycles. The largest absolute Gasteiger partial charge is 0.330 e. The lowest BCUT2D eigenvalue weighted by molar-refractivity contribution is 0.0766. The third-order valence-corrected chi connectivity index (χ3v) is 4.32. The van der Waals surface area contributed by atoms with Gasteiger partial charge in [0.05, 0.1) is 0 Å². The molecule has 1 aliphatic heterocycles. The normalized spacial score (nSPS) is 13.8. The third kappa shape index (κ3) is 2.68.